The zero-order valence-corrected chi connectivity index (χ0v) is 14.9. The molecule has 0 fully saturated rings. The Kier molecular flexibility index (Phi) is 8.53. The standard InChI is InChI=1S/C17H32N2O3/c1-11(2)14(18)16(22)19-13(15(21)17(4,5)6)10-8-7-9-12(3)20/h11,13-14H,7-10,18H2,1-6H3,(H,19,22)/t13-,14-/m0/s1. The zero-order chi connectivity index (χ0) is 17.5. The summed E-state index contributed by atoms with van der Waals surface area (Å²) in [6.45, 7) is 10.8. The molecule has 2 atom stereocenters. The zero-order valence-electron chi connectivity index (χ0n) is 14.9. The quantitative estimate of drug-likeness (QED) is 0.639. The van der Waals surface area contributed by atoms with E-state index in [1.807, 2.05) is 34.6 Å². The molecular formula is C17H32N2O3. The van der Waals surface area contributed by atoms with E-state index in [0.29, 0.717) is 12.8 Å². The SMILES string of the molecule is CC(=O)CCCC[C@H](NC(=O)[C@@H](N)C(C)C)C(=O)C(C)(C)C. The van der Waals surface area contributed by atoms with Crippen molar-refractivity contribution in [2.45, 2.75) is 79.3 Å². The lowest BCUT2D eigenvalue weighted by molar-refractivity contribution is -0.133. The first-order chi connectivity index (χ1) is 9.96. The van der Waals surface area contributed by atoms with Crippen LogP contribution in [0.25, 0.3) is 0 Å². The van der Waals surface area contributed by atoms with Gasteiger partial charge in [0.15, 0.2) is 5.78 Å². The first kappa shape index (κ1) is 20.8. The Balaban J connectivity index is 4.76. The second kappa shape index (κ2) is 9.03. The maximum atomic E-state index is 12.5. The molecule has 1 amide bonds. The van der Waals surface area contributed by atoms with E-state index < -0.39 is 17.5 Å². The number of nitrogens with one attached hydrogen (secondary N) is 1. The average Bonchev–Trinajstić information content (AvgIpc) is 2.38. The summed E-state index contributed by atoms with van der Waals surface area (Å²) in [4.78, 5) is 35.6. The number of nitrogens with two attached hydrogens (primary N) is 1. The van der Waals surface area contributed by atoms with Gasteiger partial charge in [0.05, 0.1) is 12.1 Å². The number of hydrogen-bond acceptors (Lipinski definition) is 4. The first-order valence-corrected chi connectivity index (χ1v) is 8.06. The van der Waals surface area contributed by atoms with E-state index in [4.69, 9.17) is 5.73 Å². The fourth-order valence-corrected chi connectivity index (χ4v) is 2.08. The highest BCUT2D eigenvalue weighted by molar-refractivity contribution is 5.93. The highest BCUT2D eigenvalue weighted by atomic mass is 16.2. The van der Waals surface area contributed by atoms with Crippen LogP contribution in [0.15, 0.2) is 0 Å². The van der Waals surface area contributed by atoms with Crippen molar-refractivity contribution in [1.82, 2.24) is 5.32 Å². The number of carbonyl (C=O) groups is 3. The third-order valence-corrected chi connectivity index (χ3v) is 3.66. The molecule has 3 N–H and O–H groups in total. The van der Waals surface area contributed by atoms with Gasteiger partial charge in [-0.15, -0.1) is 0 Å². The Morgan fingerprint density at radius 2 is 1.64 bits per heavy atom. The van der Waals surface area contributed by atoms with E-state index in [1.54, 1.807) is 6.92 Å². The minimum atomic E-state index is -0.618. The Morgan fingerprint density at radius 1 is 1.09 bits per heavy atom. The van der Waals surface area contributed by atoms with E-state index in [2.05, 4.69) is 5.32 Å². The lowest BCUT2D eigenvalue weighted by Crippen LogP contribution is -2.52. The molecule has 0 spiro atoms. The second-order valence-electron chi connectivity index (χ2n) is 7.39. The third kappa shape index (κ3) is 7.69. The van der Waals surface area contributed by atoms with Gasteiger partial charge < -0.3 is 15.8 Å². The normalized spacial score (nSPS) is 14.5. The van der Waals surface area contributed by atoms with Crippen molar-refractivity contribution in [1.29, 1.82) is 0 Å². The topological polar surface area (TPSA) is 89.3 Å². The van der Waals surface area contributed by atoms with E-state index in [0.717, 1.165) is 12.8 Å². The molecule has 0 aromatic carbocycles. The largest absolute Gasteiger partial charge is 0.345 e. The molecule has 0 aliphatic rings. The van der Waals surface area contributed by atoms with Crippen LogP contribution in [0.2, 0.25) is 0 Å². The smallest absolute Gasteiger partial charge is 0.237 e. The molecule has 0 rings (SSSR count). The lowest BCUT2D eigenvalue weighted by atomic mass is 9.84. The van der Waals surface area contributed by atoms with Crippen LogP contribution >= 0.6 is 0 Å². The second-order valence-corrected chi connectivity index (χ2v) is 7.39. The fraction of sp³-hybridized carbons (Fsp3) is 0.824. The number of ketones is 2. The van der Waals surface area contributed by atoms with Crippen molar-refractivity contribution in [3.8, 4) is 0 Å². The fourth-order valence-electron chi connectivity index (χ4n) is 2.08. The van der Waals surface area contributed by atoms with Crippen LogP contribution in [0.5, 0.6) is 0 Å². The molecule has 5 heteroatoms. The molecule has 0 bridgehead atoms. The van der Waals surface area contributed by atoms with Gasteiger partial charge >= 0.3 is 0 Å². The predicted octanol–water partition coefficient (Wildman–Crippen LogP) is 2.22. The van der Waals surface area contributed by atoms with Gasteiger partial charge in [0.25, 0.3) is 0 Å². The summed E-state index contributed by atoms with van der Waals surface area (Å²) in [6.07, 6.45) is 2.51. The van der Waals surface area contributed by atoms with Gasteiger partial charge in [0, 0.05) is 11.8 Å². The molecule has 0 saturated heterocycles. The van der Waals surface area contributed by atoms with Crippen molar-refractivity contribution in [2.75, 3.05) is 0 Å². The summed E-state index contributed by atoms with van der Waals surface area (Å²) in [5, 5.41) is 2.79. The monoisotopic (exact) mass is 312 g/mol. The van der Waals surface area contributed by atoms with Gasteiger partial charge in [-0.2, -0.15) is 0 Å². The Bertz CT molecular complexity index is 397. The van der Waals surface area contributed by atoms with E-state index >= 15 is 0 Å². The Morgan fingerprint density at radius 3 is 2.05 bits per heavy atom. The molecule has 0 radical (unpaired) electrons. The average molecular weight is 312 g/mol. The molecule has 0 unspecified atom stereocenters. The van der Waals surface area contributed by atoms with Crippen LogP contribution < -0.4 is 11.1 Å². The Hall–Kier alpha value is -1.23. The van der Waals surface area contributed by atoms with Gasteiger partial charge in [0.1, 0.15) is 5.78 Å². The lowest BCUT2D eigenvalue weighted by Gasteiger charge is -2.27. The minimum Gasteiger partial charge on any atom is -0.345 e. The van der Waals surface area contributed by atoms with Gasteiger partial charge in [-0.25, -0.2) is 0 Å². The Labute approximate surface area is 134 Å². The van der Waals surface area contributed by atoms with Crippen LogP contribution in [0.4, 0.5) is 0 Å². The maximum Gasteiger partial charge on any atom is 0.237 e. The number of rotatable bonds is 9. The number of unbranched alkanes of at least 4 members (excludes halogenated alkanes) is 1. The van der Waals surface area contributed by atoms with Crippen LogP contribution in [0, 0.1) is 11.3 Å². The predicted molar refractivity (Wildman–Crippen MR) is 88.4 cm³/mol. The number of Topliss-reactive ketones (excluding diaryl/α,β-unsaturated/α-hetero) is 2. The molecule has 5 nitrogen and oxygen atoms in total. The van der Waals surface area contributed by atoms with Crippen molar-refractivity contribution in [3.63, 3.8) is 0 Å². The molecule has 0 aromatic rings. The van der Waals surface area contributed by atoms with Crippen molar-refractivity contribution >= 4 is 17.5 Å². The molecule has 0 aliphatic carbocycles. The van der Waals surface area contributed by atoms with Gasteiger partial charge in [0.2, 0.25) is 5.91 Å². The molecule has 128 valence electrons. The maximum absolute atomic E-state index is 12.5. The third-order valence-electron chi connectivity index (χ3n) is 3.66. The highest BCUT2D eigenvalue weighted by Gasteiger charge is 2.31. The highest BCUT2D eigenvalue weighted by Crippen LogP contribution is 2.20. The molecule has 22 heavy (non-hydrogen) atoms. The van der Waals surface area contributed by atoms with Crippen molar-refractivity contribution in [2.24, 2.45) is 17.1 Å². The van der Waals surface area contributed by atoms with Gasteiger partial charge in [-0.05, 0) is 25.7 Å². The summed E-state index contributed by atoms with van der Waals surface area (Å²) in [6, 6.07) is -1.16. The number of hydrogen-bond donors (Lipinski definition) is 2. The van der Waals surface area contributed by atoms with E-state index in [1.165, 1.54) is 0 Å². The van der Waals surface area contributed by atoms with E-state index in [-0.39, 0.29) is 23.4 Å². The number of carbonyl (C=O) groups excluding carboxylic acids is 3. The van der Waals surface area contributed by atoms with Crippen LogP contribution in [0.1, 0.15) is 67.2 Å². The van der Waals surface area contributed by atoms with Crippen LogP contribution in [0.3, 0.4) is 0 Å². The molecule has 0 aromatic heterocycles. The van der Waals surface area contributed by atoms with Gasteiger partial charge in [-0.3, -0.25) is 9.59 Å². The molecular weight excluding hydrogens is 280 g/mol. The van der Waals surface area contributed by atoms with Crippen LogP contribution in [-0.2, 0) is 14.4 Å². The van der Waals surface area contributed by atoms with Crippen molar-refractivity contribution < 1.29 is 14.4 Å². The first-order valence-electron chi connectivity index (χ1n) is 8.06. The van der Waals surface area contributed by atoms with E-state index in [9.17, 15) is 14.4 Å². The summed E-state index contributed by atoms with van der Waals surface area (Å²) in [7, 11) is 0. The van der Waals surface area contributed by atoms with Crippen LogP contribution in [-0.4, -0.2) is 29.6 Å². The molecule has 0 saturated carbocycles. The minimum absolute atomic E-state index is 0.000342. The van der Waals surface area contributed by atoms with Crippen molar-refractivity contribution in [3.05, 3.63) is 0 Å². The molecule has 0 aliphatic heterocycles. The summed E-state index contributed by atoms with van der Waals surface area (Å²) in [5.74, 6) is -0.128. The summed E-state index contributed by atoms with van der Waals surface area (Å²) in [5.41, 5.74) is 5.32. The number of amides is 1. The molecule has 0 heterocycles. The van der Waals surface area contributed by atoms with Gasteiger partial charge in [-0.1, -0.05) is 41.0 Å². The summed E-state index contributed by atoms with van der Waals surface area (Å²) >= 11 is 0. The summed E-state index contributed by atoms with van der Waals surface area (Å²) < 4.78 is 0.